The van der Waals surface area contributed by atoms with Gasteiger partial charge in [0.15, 0.2) is 6.10 Å². The van der Waals surface area contributed by atoms with E-state index in [2.05, 4.69) is 32.9 Å². The van der Waals surface area contributed by atoms with Crippen molar-refractivity contribution in [1.82, 2.24) is 0 Å². The van der Waals surface area contributed by atoms with Crippen molar-refractivity contribution in [3.8, 4) is 0 Å². The summed E-state index contributed by atoms with van der Waals surface area (Å²) in [4.78, 5) is 48.6. The lowest BCUT2D eigenvalue weighted by atomic mass is 10.0. The van der Waals surface area contributed by atoms with Crippen LogP contribution in [-0.4, -0.2) is 66.5 Å². The number of phosphoric acid groups is 1. The number of phosphoric ester groups is 1. The molecule has 3 atom stereocenters. The van der Waals surface area contributed by atoms with Crippen molar-refractivity contribution in [3.05, 3.63) is 12.2 Å². The number of ether oxygens (including phenoxy) is 3. The Labute approximate surface area is 456 Å². The lowest BCUT2D eigenvalue weighted by Crippen LogP contribution is -2.30. The maximum atomic E-state index is 12.9. The number of allylic oxidation sites excluding steroid dienone is 2. The van der Waals surface area contributed by atoms with Crippen molar-refractivity contribution in [2.45, 2.75) is 341 Å². The average Bonchev–Trinajstić information content (AvgIpc) is 3.39. The number of aliphatic hydroxyl groups excluding tert-OH is 1. The van der Waals surface area contributed by atoms with Gasteiger partial charge >= 0.3 is 25.7 Å². The largest absolute Gasteiger partial charge is 0.472 e. The maximum Gasteiger partial charge on any atom is 0.472 e. The van der Waals surface area contributed by atoms with Gasteiger partial charge in [0.05, 0.1) is 19.8 Å². The summed E-state index contributed by atoms with van der Waals surface area (Å²) in [7, 11) is -4.74. The topological polar surface area (TPSA) is 155 Å². The van der Waals surface area contributed by atoms with Gasteiger partial charge in [-0.25, -0.2) is 4.57 Å². The Morgan fingerprint density at radius 1 is 0.365 bits per heavy atom. The van der Waals surface area contributed by atoms with Gasteiger partial charge in [-0.05, 0) is 44.9 Å². The van der Waals surface area contributed by atoms with Gasteiger partial charge in [0, 0.05) is 19.3 Å². The first kappa shape index (κ1) is 72.2. The van der Waals surface area contributed by atoms with Crippen LogP contribution in [0.5, 0.6) is 0 Å². The van der Waals surface area contributed by atoms with Crippen molar-refractivity contribution in [3.63, 3.8) is 0 Å². The number of unbranched alkanes of at least 4 members (excludes halogenated alkanes) is 41. The van der Waals surface area contributed by atoms with Gasteiger partial charge < -0.3 is 24.2 Å². The van der Waals surface area contributed by atoms with Crippen LogP contribution in [0.1, 0.15) is 329 Å². The maximum absolute atomic E-state index is 12.9. The minimum atomic E-state index is -4.74. The minimum absolute atomic E-state index is 0.176. The van der Waals surface area contributed by atoms with Crippen molar-refractivity contribution in [2.24, 2.45) is 0 Å². The Hall–Kier alpha value is -1.78. The molecule has 3 unspecified atom stereocenters. The molecule has 11 nitrogen and oxygen atoms in total. The van der Waals surface area contributed by atoms with Crippen LogP contribution in [-0.2, 0) is 42.2 Å². The molecule has 0 aliphatic rings. The smallest absolute Gasteiger partial charge is 0.462 e. The fraction of sp³-hybridized carbons (Fsp3) is 0.919. The van der Waals surface area contributed by atoms with Crippen LogP contribution in [0.4, 0.5) is 0 Å². The Bertz CT molecular complexity index is 1290. The molecule has 12 heteroatoms. The fourth-order valence-electron chi connectivity index (χ4n) is 9.35. The summed E-state index contributed by atoms with van der Waals surface area (Å²) in [6.45, 7) is 4.71. The molecule has 0 saturated heterocycles. The zero-order valence-corrected chi connectivity index (χ0v) is 49.5. The zero-order valence-electron chi connectivity index (χ0n) is 48.6. The summed E-state index contributed by atoms with van der Waals surface area (Å²) in [5.41, 5.74) is 0. The van der Waals surface area contributed by atoms with E-state index in [1.54, 1.807) is 0 Å². The summed E-state index contributed by atoms with van der Waals surface area (Å²) < 4.78 is 39.6. The Balaban J connectivity index is 4.65. The lowest BCUT2D eigenvalue weighted by Gasteiger charge is -2.21. The second-order valence-electron chi connectivity index (χ2n) is 21.6. The highest BCUT2D eigenvalue weighted by atomic mass is 31.2. The van der Waals surface area contributed by atoms with E-state index in [-0.39, 0.29) is 25.9 Å². The highest BCUT2D eigenvalue weighted by Gasteiger charge is 2.28. The molecule has 0 heterocycles. The third kappa shape index (κ3) is 55.0. The number of carbonyl (C=O) groups is 3. The third-order valence-electron chi connectivity index (χ3n) is 14.2. The van der Waals surface area contributed by atoms with E-state index in [0.717, 1.165) is 64.2 Å². The van der Waals surface area contributed by atoms with Gasteiger partial charge in [0.25, 0.3) is 0 Å². The number of hydrogen-bond donors (Lipinski definition) is 2. The van der Waals surface area contributed by atoms with E-state index >= 15 is 0 Å². The fourth-order valence-corrected chi connectivity index (χ4v) is 10.1. The molecule has 0 saturated carbocycles. The molecule has 74 heavy (non-hydrogen) atoms. The molecule has 0 fully saturated rings. The molecule has 0 aromatic heterocycles. The standard InChI is InChI=1S/C62H119O11P/c1-4-7-10-13-16-19-22-24-26-28-29-31-33-35-38-41-44-47-50-53-62(66)73-59(55-69-60(64)51-48-45-42-39-37-34-32-30-27-25-23-20-17-14-11-8-5-2)57-71-74(67,68)70-56-58(54-63)72-61(65)52-49-46-43-40-36-21-18-15-12-9-6-3/h25,27,58-59,63H,4-24,26,28-57H2,1-3H3,(H,67,68)/b27-25-. The number of rotatable bonds is 60. The first-order chi connectivity index (χ1) is 36.2. The van der Waals surface area contributed by atoms with E-state index in [1.165, 1.54) is 205 Å². The van der Waals surface area contributed by atoms with Crippen LogP contribution in [0.25, 0.3) is 0 Å². The van der Waals surface area contributed by atoms with Gasteiger partial charge in [-0.3, -0.25) is 23.4 Å². The highest BCUT2D eigenvalue weighted by molar-refractivity contribution is 7.47. The van der Waals surface area contributed by atoms with Crippen molar-refractivity contribution < 1.29 is 52.2 Å². The molecular formula is C62H119O11P. The second kappa shape index (κ2) is 57.4. The van der Waals surface area contributed by atoms with Crippen LogP contribution >= 0.6 is 7.82 Å². The molecule has 0 aliphatic carbocycles. The van der Waals surface area contributed by atoms with E-state index in [0.29, 0.717) is 19.3 Å². The van der Waals surface area contributed by atoms with E-state index in [1.807, 2.05) is 0 Å². The molecule has 0 aromatic carbocycles. The van der Waals surface area contributed by atoms with Gasteiger partial charge in [-0.15, -0.1) is 0 Å². The molecular weight excluding hydrogens is 952 g/mol. The molecule has 0 rings (SSSR count). The van der Waals surface area contributed by atoms with Gasteiger partial charge in [0.1, 0.15) is 12.7 Å². The van der Waals surface area contributed by atoms with Crippen molar-refractivity contribution in [1.29, 1.82) is 0 Å². The molecule has 0 amide bonds. The number of aliphatic hydroxyl groups is 1. The van der Waals surface area contributed by atoms with E-state index in [9.17, 15) is 28.9 Å². The molecule has 0 bridgehead atoms. The zero-order chi connectivity index (χ0) is 54.1. The summed E-state index contributed by atoms with van der Waals surface area (Å²) >= 11 is 0. The SMILES string of the molecule is CCCCCCCC/C=C\CCCCCCCCCC(=O)OCC(COP(=O)(O)OCC(CO)OC(=O)CCCCCCCCCCCCC)OC(=O)CCCCCCCCCCCCCCCCCCCCC. The van der Waals surface area contributed by atoms with E-state index in [4.69, 9.17) is 23.3 Å². The summed E-state index contributed by atoms with van der Waals surface area (Å²) in [6.07, 6.45) is 57.4. The quantitative estimate of drug-likeness (QED) is 0.0197. The van der Waals surface area contributed by atoms with Crippen LogP contribution in [0.15, 0.2) is 12.2 Å². The molecule has 0 aromatic rings. The molecule has 0 radical (unpaired) electrons. The number of hydrogen-bond acceptors (Lipinski definition) is 10. The molecule has 2 N–H and O–H groups in total. The minimum Gasteiger partial charge on any atom is -0.462 e. The van der Waals surface area contributed by atoms with Crippen molar-refractivity contribution >= 4 is 25.7 Å². The molecule has 438 valence electrons. The number of esters is 3. The monoisotopic (exact) mass is 1070 g/mol. The van der Waals surface area contributed by atoms with Gasteiger partial charge in [-0.1, -0.05) is 277 Å². The van der Waals surface area contributed by atoms with Crippen LogP contribution in [0.3, 0.4) is 0 Å². The Kier molecular flexibility index (Phi) is 56.0. The Morgan fingerprint density at radius 3 is 0.932 bits per heavy atom. The first-order valence-corrected chi connectivity index (χ1v) is 33.1. The summed E-state index contributed by atoms with van der Waals surface area (Å²) in [6, 6.07) is 0. The summed E-state index contributed by atoms with van der Waals surface area (Å²) in [5.74, 6) is -1.44. The normalized spacial score (nSPS) is 13.3. The van der Waals surface area contributed by atoms with Gasteiger partial charge in [-0.2, -0.15) is 0 Å². The average molecular weight is 1070 g/mol. The summed E-state index contributed by atoms with van der Waals surface area (Å²) in [5, 5.41) is 9.81. The molecule has 0 spiro atoms. The van der Waals surface area contributed by atoms with Crippen LogP contribution in [0.2, 0.25) is 0 Å². The van der Waals surface area contributed by atoms with Crippen LogP contribution < -0.4 is 0 Å². The molecule has 0 aliphatic heterocycles. The Morgan fingerprint density at radius 2 is 0.622 bits per heavy atom. The van der Waals surface area contributed by atoms with Gasteiger partial charge in [0.2, 0.25) is 0 Å². The predicted octanol–water partition coefficient (Wildman–Crippen LogP) is 18.8. The second-order valence-corrected chi connectivity index (χ2v) is 23.0. The lowest BCUT2D eigenvalue weighted by molar-refractivity contribution is -0.161. The highest BCUT2D eigenvalue weighted by Crippen LogP contribution is 2.43. The predicted molar refractivity (Wildman–Crippen MR) is 307 cm³/mol. The number of carbonyl (C=O) groups excluding carboxylic acids is 3. The van der Waals surface area contributed by atoms with Crippen molar-refractivity contribution in [2.75, 3.05) is 26.4 Å². The first-order valence-electron chi connectivity index (χ1n) is 31.6. The third-order valence-corrected chi connectivity index (χ3v) is 15.1. The van der Waals surface area contributed by atoms with E-state index < -0.39 is 57.8 Å². The van der Waals surface area contributed by atoms with Crippen LogP contribution in [0, 0.1) is 0 Å².